The zero-order valence-electron chi connectivity index (χ0n) is 17.3. The van der Waals surface area contributed by atoms with E-state index in [1.165, 1.54) is 11.1 Å². The first kappa shape index (κ1) is 20.4. The molecule has 2 fully saturated rings. The number of thiazole rings is 1. The second-order valence-electron chi connectivity index (χ2n) is 8.19. The summed E-state index contributed by atoms with van der Waals surface area (Å²) in [7, 11) is 0. The summed E-state index contributed by atoms with van der Waals surface area (Å²) in [5.74, 6) is 0.308. The molecular weight excluding hydrogens is 382 g/mol. The first-order chi connectivity index (χ1) is 14.2. The molecule has 0 spiro atoms. The van der Waals surface area contributed by atoms with Gasteiger partial charge < -0.3 is 9.64 Å². The Balaban J connectivity index is 1.18. The van der Waals surface area contributed by atoms with Crippen molar-refractivity contribution in [3.05, 3.63) is 47.0 Å². The third-order valence-corrected chi connectivity index (χ3v) is 7.02. The third-order valence-electron chi connectivity index (χ3n) is 6.36. The molecule has 0 N–H and O–H groups in total. The number of nitrogens with zero attached hydrogens (tertiary/aromatic N) is 3. The minimum atomic E-state index is 0.292. The van der Waals surface area contributed by atoms with Gasteiger partial charge in [-0.15, -0.1) is 0 Å². The van der Waals surface area contributed by atoms with E-state index in [-0.39, 0.29) is 0 Å². The predicted octanol–water partition coefficient (Wildman–Crippen LogP) is 3.92. The molecule has 5 nitrogen and oxygen atoms in total. The van der Waals surface area contributed by atoms with Gasteiger partial charge in [-0.3, -0.25) is 9.69 Å². The summed E-state index contributed by atoms with van der Waals surface area (Å²) in [4.78, 5) is 21.6. The predicted molar refractivity (Wildman–Crippen MR) is 116 cm³/mol. The molecule has 2 aliphatic heterocycles. The molecule has 29 heavy (non-hydrogen) atoms. The molecule has 0 saturated carbocycles. The van der Waals surface area contributed by atoms with Crippen molar-refractivity contribution >= 4 is 17.2 Å². The summed E-state index contributed by atoms with van der Waals surface area (Å²) >= 11 is 1.57. The van der Waals surface area contributed by atoms with Gasteiger partial charge in [0.05, 0.1) is 0 Å². The van der Waals surface area contributed by atoms with E-state index in [2.05, 4.69) is 46.0 Å². The number of carbonyl (C=O) groups is 1. The summed E-state index contributed by atoms with van der Waals surface area (Å²) < 4.78 is 5.98. The number of carbonyl (C=O) groups excluding carboxylic acids is 1. The summed E-state index contributed by atoms with van der Waals surface area (Å²) in [6.45, 7) is 6.08. The van der Waals surface area contributed by atoms with Crippen LogP contribution in [-0.2, 0) is 11.2 Å². The zero-order chi connectivity index (χ0) is 20.1. The number of amides is 1. The molecular formula is C23H31N3O2S. The van der Waals surface area contributed by atoms with Gasteiger partial charge >= 0.3 is 0 Å². The van der Waals surface area contributed by atoms with Crippen LogP contribution in [0.25, 0.3) is 0 Å². The van der Waals surface area contributed by atoms with E-state index in [1.807, 2.05) is 5.38 Å². The largest absolute Gasteiger partial charge is 0.467 e. The third kappa shape index (κ3) is 5.37. The average molecular weight is 414 g/mol. The van der Waals surface area contributed by atoms with Gasteiger partial charge in [0.15, 0.2) is 0 Å². The molecule has 1 aromatic carbocycles. The number of hydrogen-bond acceptors (Lipinski definition) is 5. The van der Waals surface area contributed by atoms with Crippen LogP contribution in [0.4, 0.5) is 0 Å². The lowest BCUT2D eigenvalue weighted by atomic mass is 9.98. The molecule has 0 atom stereocenters. The second kappa shape index (κ2) is 9.72. The van der Waals surface area contributed by atoms with Crippen molar-refractivity contribution in [2.75, 3.05) is 26.2 Å². The van der Waals surface area contributed by atoms with Crippen LogP contribution in [0.15, 0.2) is 35.8 Å². The van der Waals surface area contributed by atoms with Crippen LogP contribution in [0.1, 0.15) is 43.2 Å². The second-order valence-corrected chi connectivity index (χ2v) is 9.05. The summed E-state index contributed by atoms with van der Waals surface area (Å²) in [5, 5.41) is 2.75. The maximum Gasteiger partial charge on any atom is 0.273 e. The van der Waals surface area contributed by atoms with Gasteiger partial charge in [-0.25, -0.2) is 4.98 Å². The maximum absolute atomic E-state index is 12.7. The van der Waals surface area contributed by atoms with Crippen LogP contribution in [0.3, 0.4) is 0 Å². The Morgan fingerprint density at radius 2 is 1.90 bits per heavy atom. The van der Waals surface area contributed by atoms with Crippen LogP contribution in [-0.4, -0.2) is 59.0 Å². The highest BCUT2D eigenvalue weighted by molar-refractivity contribution is 7.11. The first-order valence-corrected chi connectivity index (χ1v) is 11.7. The standard InChI is InChI=1S/C23H31N3O2S/c1-18-4-2-3-5-19(18)6-7-22(27)26-13-8-20(9-14-26)25-15-10-21(11-16-25)28-23-24-12-17-29-23/h2-5,12,17,20-21H,6-11,13-16H2,1H3. The van der Waals surface area contributed by atoms with E-state index in [0.717, 1.165) is 63.5 Å². The molecule has 4 rings (SSSR count). The highest BCUT2D eigenvalue weighted by Gasteiger charge is 2.30. The molecule has 0 radical (unpaired) electrons. The number of likely N-dealkylation sites (tertiary alicyclic amines) is 2. The number of piperidine rings is 2. The van der Waals surface area contributed by atoms with E-state index in [1.54, 1.807) is 17.5 Å². The minimum Gasteiger partial charge on any atom is -0.467 e. The Morgan fingerprint density at radius 3 is 2.59 bits per heavy atom. The fraction of sp³-hybridized carbons (Fsp3) is 0.565. The first-order valence-electron chi connectivity index (χ1n) is 10.8. The normalized spacial score (nSPS) is 19.4. The van der Waals surface area contributed by atoms with Gasteiger partial charge in [-0.1, -0.05) is 35.6 Å². The lowest BCUT2D eigenvalue weighted by Crippen LogP contribution is -2.50. The SMILES string of the molecule is Cc1ccccc1CCC(=O)N1CCC(N2CCC(Oc3nccs3)CC2)CC1. The van der Waals surface area contributed by atoms with Crippen LogP contribution in [0.5, 0.6) is 5.19 Å². The van der Waals surface area contributed by atoms with Gasteiger partial charge in [0.25, 0.3) is 5.19 Å². The Morgan fingerprint density at radius 1 is 1.14 bits per heavy atom. The maximum atomic E-state index is 12.7. The molecule has 3 heterocycles. The molecule has 2 aromatic rings. The quantitative estimate of drug-likeness (QED) is 0.720. The minimum absolute atomic E-state index is 0.292. The monoisotopic (exact) mass is 413 g/mol. The van der Waals surface area contributed by atoms with Crippen LogP contribution in [0.2, 0.25) is 0 Å². The summed E-state index contributed by atoms with van der Waals surface area (Å²) in [6.07, 6.45) is 7.87. The lowest BCUT2D eigenvalue weighted by molar-refractivity contribution is -0.132. The summed E-state index contributed by atoms with van der Waals surface area (Å²) in [6, 6.07) is 8.98. The average Bonchev–Trinajstić information content (AvgIpc) is 3.27. The molecule has 2 aliphatic rings. The Hall–Kier alpha value is -1.92. The van der Waals surface area contributed by atoms with Crippen molar-refractivity contribution in [3.8, 4) is 5.19 Å². The van der Waals surface area contributed by atoms with Gasteiger partial charge in [-0.2, -0.15) is 0 Å². The molecule has 156 valence electrons. The van der Waals surface area contributed by atoms with Crippen molar-refractivity contribution in [3.63, 3.8) is 0 Å². The van der Waals surface area contributed by atoms with Gasteiger partial charge in [0.1, 0.15) is 6.10 Å². The zero-order valence-corrected chi connectivity index (χ0v) is 18.1. The molecule has 0 unspecified atom stereocenters. The Bertz CT molecular complexity index is 779. The fourth-order valence-electron chi connectivity index (χ4n) is 4.54. The van der Waals surface area contributed by atoms with Crippen molar-refractivity contribution in [2.24, 2.45) is 0 Å². The Kier molecular flexibility index (Phi) is 6.82. The van der Waals surface area contributed by atoms with E-state index < -0.39 is 0 Å². The van der Waals surface area contributed by atoms with E-state index in [9.17, 15) is 4.79 Å². The van der Waals surface area contributed by atoms with E-state index in [4.69, 9.17) is 4.74 Å². The van der Waals surface area contributed by atoms with Gasteiger partial charge in [-0.05, 0) is 50.2 Å². The lowest BCUT2D eigenvalue weighted by Gasteiger charge is -2.41. The molecule has 2 saturated heterocycles. The van der Waals surface area contributed by atoms with Crippen molar-refractivity contribution in [2.45, 2.75) is 57.6 Å². The number of benzene rings is 1. The molecule has 0 aliphatic carbocycles. The summed E-state index contributed by atoms with van der Waals surface area (Å²) in [5.41, 5.74) is 2.57. The molecule has 1 aromatic heterocycles. The highest BCUT2D eigenvalue weighted by Crippen LogP contribution is 2.25. The van der Waals surface area contributed by atoms with Crippen LogP contribution < -0.4 is 4.74 Å². The Labute approximate surface area is 177 Å². The van der Waals surface area contributed by atoms with E-state index in [0.29, 0.717) is 24.5 Å². The van der Waals surface area contributed by atoms with E-state index >= 15 is 0 Å². The highest BCUT2D eigenvalue weighted by atomic mass is 32.1. The number of ether oxygens (including phenoxy) is 1. The fourth-order valence-corrected chi connectivity index (χ4v) is 5.09. The molecule has 1 amide bonds. The van der Waals surface area contributed by atoms with Crippen molar-refractivity contribution in [1.82, 2.24) is 14.8 Å². The van der Waals surface area contributed by atoms with Crippen LogP contribution in [0, 0.1) is 6.92 Å². The van der Waals surface area contributed by atoms with Gasteiger partial charge in [0.2, 0.25) is 5.91 Å². The number of hydrogen-bond donors (Lipinski definition) is 0. The number of rotatable bonds is 6. The molecule has 6 heteroatoms. The smallest absolute Gasteiger partial charge is 0.273 e. The van der Waals surface area contributed by atoms with Gasteiger partial charge in [0, 0.05) is 50.2 Å². The van der Waals surface area contributed by atoms with Crippen molar-refractivity contribution < 1.29 is 9.53 Å². The van der Waals surface area contributed by atoms with Crippen LogP contribution >= 0.6 is 11.3 Å². The number of aromatic nitrogens is 1. The molecule has 0 bridgehead atoms. The van der Waals surface area contributed by atoms with Crippen molar-refractivity contribution in [1.29, 1.82) is 0 Å². The number of aryl methyl sites for hydroxylation is 2. The topological polar surface area (TPSA) is 45.7 Å².